The van der Waals surface area contributed by atoms with Crippen LogP contribution in [0.5, 0.6) is 5.75 Å². The van der Waals surface area contributed by atoms with Gasteiger partial charge in [-0.25, -0.2) is 0 Å². The largest absolute Gasteiger partial charge is 2.00 e. The Hall–Kier alpha value is -1.46. The van der Waals surface area contributed by atoms with Crippen molar-refractivity contribution in [2.75, 3.05) is 19.0 Å². The molecule has 7 nitrogen and oxygen atoms in total. The number of aromatic nitrogens is 2. The second-order valence-corrected chi connectivity index (χ2v) is 7.94. The van der Waals surface area contributed by atoms with Crippen molar-refractivity contribution in [2.45, 2.75) is 85.0 Å². The fraction of sp³-hybridized carbons (Fsp3) is 0.556. The molecule has 0 fully saturated rings. The van der Waals surface area contributed by atoms with Gasteiger partial charge in [0.2, 0.25) is 0 Å². The molecule has 2 aromatic rings. The molecule has 0 radical (unpaired) electrons. The van der Waals surface area contributed by atoms with E-state index in [-0.39, 0.29) is 37.7 Å². The number of benzene rings is 1. The molecule has 0 aliphatic carbocycles. The smallest absolute Gasteiger partial charge is 0.545 e. The quantitative estimate of drug-likeness (QED) is 0.204. The molecule has 35 heavy (non-hydrogen) atoms. The van der Waals surface area contributed by atoms with E-state index in [4.69, 9.17) is 14.3 Å². The summed E-state index contributed by atoms with van der Waals surface area (Å²) in [5.41, 5.74) is 4.79. The average molecular weight is 710 g/mol. The summed E-state index contributed by atoms with van der Waals surface area (Å²) in [7, 11) is 1.66. The number of rotatable bonds is 9. The van der Waals surface area contributed by atoms with Crippen LogP contribution in [-0.4, -0.2) is 41.9 Å². The minimum atomic E-state index is -0.0576. The summed E-state index contributed by atoms with van der Waals surface area (Å²) in [6.45, 7) is 13.8. The summed E-state index contributed by atoms with van der Waals surface area (Å²) < 4.78 is 11.3. The third kappa shape index (κ3) is 9.84. The topological polar surface area (TPSA) is 93.6 Å². The number of hydrogen-bond acceptors (Lipinski definition) is 7. The molecule has 2 heterocycles. The summed E-state index contributed by atoms with van der Waals surface area (Å²) in [5, 5.41) is 23.0. The average Bonchev–Trinajstić information content (AvgIpc) is 2.98. The Labute approximate surface area is 235 Å². The second kappa shape index (κ2) is 19.7. The maximum absolute atomic E-state index is 10.3. The molecular formula is C27H41N3O4U. The summed E-state index contributed by atoms with van der Waals surface area (Å²) in [4.78, 5) is 7.75. The van der Waals surface area contributed by atoms with E-state index in [1.807, 2.05) is 18.2 Å². The molecule has 8 heteroatoms. The van der Waals surface area contributed by atoms with E-state index >= 15 is 0 Å². The number of nitrogens with one attached hydrogen (secondary N) is 1. The van der Waals surface area contributed by atoms with Gasteiger partial charge < -0.3 is 31.6 Å². The molecule has 0 saturated carbocycles. The number of aliphatic hydroxyl groups is 1. The van der Waals surface area contributed by atoms with Gasteiger partial charge in [-0.3, -0.25) is 6.79 Å². The van der Waals surface area contributed by atoms with Gasteiger partial charge in [-0.2, -0.15) is 6.92 Å². The van der Waals surface area contributed by atoms with Crippen molar-refractivity contribution < 1.29 is 50.5 Å². The summed E-state index contributed by atoms with van der Waals surface area (Å²) in [6.07, 6.45) is 7.44. The molecule has 1 aromatic carbocycles. The standard InChI is InChI=1S/C24H35N3O3.C2H5.CHO.U/c1-4-6-7-9-18(5-2)25-24-22(15-28)21-10-8-13-30-16-17-14-19(29-3)11-12-20(17)23(21)26-27-24;2*1-2;/h11-12,14,18,28H,4-10,13,15-16H2,1-3H3,(H,25,27);1H2,2H3;1H;/q;2*-1;+2. The predicted octanol–water partition coefficient (Wildman–Crippen LogP) is 5.44. The molecule has 0 amide bonds. The van der Waals surface area contributed by atoms with E-state index in [1.54, 1.807) is 14.0 Å². The first-order chi connectivity index (χ1) is 16.7. The summed E-state index contributed by atoms with van der Waals surface area (Å²) >= 11 is 0. The van der Waals surface area contributed by atoms with E-state index in [2.05, 4.69) is 43.1 Å². The van der Waals surface area contributed by atoms with Crippen LogP contribution in [-0.2, 0) is 29.2 Å². The van der Waals surface area contributed by atoms with Gasteiger partial charge in [-0.05, 0) is 55.0 Å². The Bertz CT molecular complexity index is 851. The van der Waals surface area contributed by atoms with E-state index in [1.165, 1.54) is 19.3 Å². The van der Waals surface area contributed by atoms with Crippen LogP contribution in [0.4, 0.5) is 5.82 Å². The Morgan fingerprint density at radius 1 is 1.23 bits per heavy atom. The zero-order chi connectivity index (χ0) is 25.3. The van der Waals surface area contributed by atoms with E-state index in [0.29, 0.717) is 19.3 Å². The molecule has 3 rings (SSSR count). The van der Waals surface area contributed by atoms with Gasteiger partial charge >= 0.3 is 31.1 Å². The molecule has 1 aliphatic heterocycles. The number of nitrogens with zero attached hydrogens (tertiary/aromatic N) is 2. The van der Waals surface area contributed by atoms with Gasteiger partial charge in [0.05, 0.1) is 26.0 Å². The Kier molecular flexibility index (Phi) is 18.9. The van der Waals surface area contributed by atoms with Crippen molar-refractivity contribution in [3.05, 3.63) is 41.8 Å². The molecule has 1 aliphatic rings. The van der Waals surface area contributed by atoms with Gasteiger partial charge in [-0.15, -0.1) is 10.2 Å². The molecule has 2 N–H and O–H groups in total. The zero-order valence-corrected chi connectivity index (χ0v) is 25.9. The second-order valence-electron chi connectivity index (χ2n) is 7.94. The molecule has 0 spiro atoms. The maximum atomic E-state index is 10.3. The van der Waals surface area contributed by atoms with Crippen LogP contribution >= 0.6 is 0 Å². The molecule has 0 bridgehead atoms. The Morgan fingerprint density at radius 2 is 1.97 bits per heavy atom. The van der Waals surface area contributed by atoms with E-state index in [0.717, 1.165) is 65.2 Å². The molecule has 1 aromatic heterocycles. The van der Waals surface area contributed by atoms with Crippen molar-refractivity contribution in [3.63, 3.8) is 0 Å². The molecule has 192 valence electrons. The molecular weight excluding hydrogens is 668 g/mol. The van der Waals surface area contributed by atoms with E-state index in [9.17, 15) is 5.11 Å². The van der Waals surface area contributed by atoms with Gasteiger partial charge in [0, 0.05) is 23.8 Å². The van der Waals surface area contributed by atoms with Crippen LogP contribution in [0, 0.1) is 38.0 Å². The fourth-order valence-electron chi connectivity index (χ4n) is 4.07. The first kappa shape index (κ1) is 33.5. The third-order valence-corrected chi connectivity index (χ3v) is 5.87. The molecule has 0 saturated heterocycles. The van der Waals surface area contributed by atoms with Gasteiger partial charge in [0.15, 0.2) is 5.82 Å². The van der Waals surface area contributed by atoms with Gasteiger partial charge in [0.1, 0.15) is 5.75 Å². The summed E-state index contributed by atoms with van der Waals surface area (Å²) in [6, 6.07) is 6.29. The number of unbranched alkanes of at least 4 members (excludes halogenated alkanes) is 2. The van der Waals surface area contributed by atoms with Crippen LogP contribution in [0.2, 0.25) is 0 Å². The number of aliphatic hydroxyl groups excluding tert-OH is 1. The monoisotopic (exact) mass is 709 g/mol. The normalized spacial score (nSPS) is 12.9. The van der Waals surface area contributed by atoms with Crippen LogP contribution < -0.4 is 10.1 Å². The van der Waals surface area contributed by atoms with Gasteiger partial charge in [0.25, 0.3) is 0 Å². The molecule has 1 atom stereocenters. The van der Waals surface area contributed by atoms with Crippen molar-refractivity contribution in [3.8, 4) is 17.0 Å². The number of ether oxygens (including phenoxy) is 2. The number of fused-ring (bicyclic) bond motifs is 3. The number of hydrogen-bond donors (Lipinski definition) is 2. The predicted molar refractivity (Wildman–Crippen MR) is 138 cm³/mol. The van der Waals surface area contributed by atoms with Crippen LogP contribution in [0.3, 0.4) is 0 Å². The number of methoxy groups -OCH3 is 1. The maximum Gasteiger partial charge on any atom is 2.00 e. The van der Waals surface area contributed by atoms with Crippen molar-refractivity contribution in [2.24, 2.45) is 0 Å². The van der Waals surface area contributed by atoms with Crippen LogP contribution in [0.1, 0.15) is 76.0 Å². The van der Waals surface area contributed by atoms with E-state index < -0.39 is 0 Å². The molecule has 1 unspecified atom stereocenters. The van der Waals surface area contributed by atoms with Gasteiger partial charge in [-0.1, -0.05) is 33.1 Å². The van der Waals surface area contributed by atoms with Crippen molar-refractivity contribution in [1.29, 1.82) is 0 Å². The Balaban J connectivity index is 0.00000220. The fourth-order valence-corrected chi connectivity index (χ4v) is 4.07. The third-order valence-electron chi connectivity index (χ3n) is 5.87. The first-order valence-electron chi connectivity index (χ1n) is 12.2. The number of carbonyl (C=O) groups excluding carboxylic acids is 1. The van der Waals surface area contributed by atoms with Crippen LogP contribution in [0.25, 0.3) is 11.3 Å². The minimum Gasteiger partial charge on any atom is -0.545 e. The van der Waals surface area contributed by atoms with Crippen molar-refractivity contribution >= 4 is 12.6 Å². The minimum absolute atomic E-state index is 0. The summed E-state index contributed by atoms with van der Waals surface area (Å²) in [5.74, 6) is 1.51. The van der Waals surface area contributed by atoms with Crippen molar-refractivity contribution in [1.82, 2.24) is 10.2 Å². The first-order valence-corrected chi connectivity index (χ1v) is 12.2. The van der Waals surface area contributed by atoms with Crippen LogP contribution in [0.15, 0.2) is 18.2 Å². The zero-order valence-electron chi connectivity index (χ0n) is 21.7. The Morgan fingerprint density at radius 3 is 2.60 bits per heavy atom. The number of anilines is 1. The SMILES string of the molecule is CCCCCC(CC)Nc1nnc2c(c1CO)CCCOCc1cc(OC)ccc1-2.[CH-]=O.[CH2-]C.[U+2].